The molecule has 3 aromatic rings. The molecule has 4 rings (SSSR count). The lowest BCUT2D eigenvalue weighted by molar-refractivity contribution is -0.122. The molecule has 1 fully saturated rings. The molecule has 1 saturated heterocycles. The van der Waals surface area contributed by atoms with Gasteiger partial charge in [-0.15, -0.1) is 0 Å². The van der Waals surface area contributed by atoms with Gasteiger partial charge in [-0.05, 0) is 54.1 Å². The molecule has 4 amide bonds. The molecule has 0 bridgehead atoms. The highest BCUT2D eigenvalue weighted by Crippen LogP contribution is 2.25. The zero-order valence-electron chi connectivity index (χ0n) is 16.6. The number of amides is 4. The highest BCUT2D eigenvalue weighted by Gasteiger charge is 2.36. The zero-order chi connectivity index (χ0) is 22.7. The fourth-order valence-electron chi connectivity index (χ4n) is 3.13. The number of halogens is 1. The third kappa shape index (κ3) is 4.34. The van der Waals surface area contributed by atoms with Crippen LogP contribution in [0.2, 0.25) is 0 Å². The predicted molar refractivity (Wildman–Crippen MR) is 114 cm³/mol. The minimum absolute atomic E-state index is 0.00917. The number of nitrogens with one attached hydrogen (secondary N) is 1. The van der Waals surface area contributed by atoms with Gasteiger partial charge in [0.15, 0.2) is 0 Å². The fraction of sp³-hybridized carbons (Fsp3) is 0.0417. The van der Waals surface area contributed by atoms with Crippen LogP contribution in [-0.2, 0) is 16.2 Å². The molecular formula is C24H17FN2O5. The van der Waals surface area contributed by atoms with E-state index in [1.54, 1.807) is 42.5 Å². The number of barbiturate groups is 1. The number of phenolic OH excluding ortho intramolecular Hbond substituents is 1. The Kier molecular flexibility index (Phi) is 5.67. The van der Waals surface area contributed by atoms with Crippen molar-refractivity contribution in [3.8, 4) is 11.5 Å². The number of benzene rings is 3. The van der Waals surface area contributed by atoms with E-state index in [-0.39, 0.29) is 29.4 Å². The van der Waals surface area contributed by atoms with Crippen molar-refractivity contribution in [1.29, 1.82) is 0 Å². The molecule has 0 saturated carbocycles. The van der Waals surface area contributed by atoms with Gasteiger partial charge in [0.25, 0.3) is 11.8 Å². The number of hydrogen-bond acceptors (Lipinski definition) is 5. The molecule has 0 spiro atoms. The Morgan fingerprint density at radius 3 is 2.47 bits per heavy atom. The Bertz CT molecular complexity index is 1240. The highest BCUT2D eigenvalue weighted by atomic mass is 19.1. The summed E-state index contributed by atoms with van der Waals surface area (Å²) in [5.74, 6) is -1.63. The SMILES string of the molecule is O=C1NC(=O)N(c2ccc(O)cc2)C(=O)/C1=C\c1cccc(OCc2ccccc2F)c1. The number of nitrogens with zero attached hydrogens (tertiary/aromatic N) is 1. The highest BCUT2D eigenvalue weighted by molar-refractivity contribution is 6.39. The number of imide groups is 2. The zero-order valence-corrected chi connectivity index (χ0v) is 16.6. The number of carbonyl (C=O) groups is 3. The van der Waals surface area contributed by atoms with E-state index in [0.29, 0.717) is 16.9 Å². The smallest absolute Gasteiger partial charge is 0.335 e. The maximum atomic E-state index is 13.8. The molecule has 2 N–H and O–H groups in total. The fourth-order valence-corrected chi connectivity index (χ4v) is 3.13. The predicted octanol–water partition coefficient (Wildman–Crippen LogP) is 3.78. The Morgan fingerprint density at radius 2 is 1.72 bits per heavy atom. The van der Waals surface area contributed by atoms with Crippen molar-refractivity contribution in [2.45, 2.75) is 6.61 Å². The first-order valence-corrected chi connectivity index (χ1v) is 9.59. The van der Waals surface area contributed by atoms with Gasteiger partial charge in [0.2, 0.25) is 0 Å². The first-order valence-electron chi connectivity index (χ1n) is 9.59. The summed E-state index contributed by atoms with van der Waals surface area (Å²) in [6, 6.07) is 17.4. The largest absolute Gasteiger partial charge is 0.508 e. The van der Waals surface area contributed by atoms with Crippen LogP contribution in [0.1, 0.15) is 11.1 Å². The lowest BCUT2D eigenvalue weighted by atomic mass is 10.1. The molecule has 7 nitrogen and oxygen atoms in total. The average Bonchev–Trinajstić information content (AvgIpc) is 2.77. The number of hydrogen-bond donors (Lipinski definition) is 2. The summed E-state index contributed by atoms with van der Waals surface area (Å²) in [5.41, 5.74) is 0.824. The van der Waals surface area contributed by atoms with Gasteiger partial charge in [0.1, 0.15) is 29.5 Å². The van der Waals surface area contributed by atoms with Crippen LogP contribution in [0, 0.1) is 5.82 Å². The average molecular weight is 432 g/mol. The summed E-state index contributed by atoms with van der Waals surface area (Å²) < 4.78 is 19.4. The monoisotopic (exact) mass is 432 g/mol. The van der Waals surface area contributed by atoms with Crippen LogP contribution in [0.15, 0.2) is 78.4 Å². The van der Waals surface area contributed by atoms with E-state index in [1.165, 1.54) is 36.4 Å². The standard InChI is InChI=1S/C24H17FN2O5/c25-21-7-2-1-5-16(21)14-32-19-6-3-4-15(12-19)13-20-22(29)26-24(31)27(23(20)30)17-8-10-18(28)11-9-17/h1-13,28H,14H2,(H,26,29,31)/b20-13-. The van der Waals surface area contributed by atoms with Crippen LogP contribution in [0.3, 0.4) is 0 Å². The van der Waals surface area contributed by atoms with Crippen molar-refractivity contribution in [2.75, 3.05) is 4.90 Å². The molecular weight excluding hydrogens is 415 g/mol. The molecule has 3 aromatic carbocycles. The van der Waals surface area contributed by atoms with E-state index >= 15 is 0 Å². The second-order valence-electron chi connectivity index (χ2n) is 6.93. The lowest BCUT2D eigenvalue weighted by Crippen LogP contribution is -2.54. The van der Waals surface area contributed by atoms with Crippen LogP contribution in [-0.4, -0.2) is 23.0 Å². The summed E-state index contributed by atoms with van der Waals surface area (Å²) in [6.45, 7) is 0.00917. The Hall–Kier alpha value is -4.46. The second kappa shape index (κ2) is 8.73. The minimum Gasteiger partial charge on any atom is -0.508 e. The van der Waals surface area contributed by atoms with Crippen LogP contribution in [0.5, 0.6) is 11.5 Å². The molecule has 0 radical (unpaired) electrons. The van der Waals surface area contributed by atoms with E-state index in [0.717, 1.165) is 4.90 Å². The number of anilines is 1. The maximum Gasteiger partial charge on any atom is 0.335 e. The first-order chi connectivity index (χ1) is 15.4. The third-order valence-electron chi connectivity index (χ3n) is 4.73. The van der Waals surface area contributed by atoms with Gasteiger partial charge in [-0.2, -0.15) is 0 Å². The van der Waals surface area contributed by atoms with Gasteiger partial charge in [-0.25, -0.2) is 14.1 Å². The normalized spacial score (nSPS) is 15.1. The molecule has 0 aliphatic carbocycles. The molecule has 32 heavy (non-hydrogen) atoms. The summed E-state index contributed by atoms with van der Waals surface area (Å²) >= 11 is 0. The number of ether oxygens (including phenoxy) is 1. The number of urea groups is 1. The van der Waals surface area contributed by atoms with Crippen LogP contribution in [0.25, 0.3) is 6.08 Å². The number of phenols is 1. The van der Waals surface area contributed by atoms with Crippen LogP contribution in [0.4, 0.5) is 14.9 Å². The molecule has 1 heterocycles. The Balaban J connectivity index is 1.58. The summed E-state index contributed by atoms with van der Waals surface area (Å²) in [5, 5.41) is 11.6. The first kappa shape index (κ1) is 20.8. The number of carbonyl (C=O) groups excluding carboxylic acids is 3. The lowest BCUT2D eigenvalue weighted by Gasteiger charge is -2.26. The molecule has 1 aliphatic heterocycles. The second-order valence-corrected chi connectivity index (χ2v) is 6.93. The third-order valence-corrected chi connectivity index (χ3v) is 4.73. The minimum atomic E-state index is -0.884. The van der Waals surface area contributed by atoms with Crippen molar-refractivity contribution in [2.24, 2.45) is 0 Å². The van der Waals surface area contributed by atoms with Crippen LogP contribution >= 0.6 is 0 Å². The number of rotatable bonds is 5. The van der Waals surface area contributed by atoms with Gasteiger partial charge in [-0.1, -0.05) is 30.3 Å². The van der Waals surface area contributed by atoms with E-state index in [2.05, 4.69) is 5.32 Å². The quantitative estimate of drug-likeness (QED) is 0.473. The number of aromatic hydroxyl groups is 1. The van der Waals surface area contributed by atoms with Crippen molar-refractivity contribution in [1.82, 2.24) is 5.32 Å². The summed E-state index contributed by atoms with van der Waals surface area (Å²) in [6.07, 6.45) is 1.34. The van der Waals surface area contributed by atoms with Gasteiger partial charge in [0, 0.05) is 5.56 Å². The Morgan fingerprint density at radius 1 is 0.969 bits per heavy atom. The maximum absolute atomic E-state index is 13.8. The van der Waals surface area contributed by atoms with Gasteiger partial charge in [0.05, 0.1) is 5.69 Å². The van der Waals surface area contributed by atoms with E-state index < -0.39 is 17.8 Å². The van der Waals surface area contributed by atoms with Crippen molar-refractivity contribution in [3.05, 3.63) is 95.3 Å². The van der Waals surface area contributed by atoms with Gasteiger partial charge < -0.3 is 9.84 Å². The molecule has 0 aromatic heterocycles. The molecule has 1 aliphatic rings. The van der Waals surface area contributed by atoms with Crippen molar-refractivity contribution < 1.29 is 28.6 Å². The van der Waals surface area contributed by atoms with Crippen molar-refractivity contribution >= 4 is 29.6 Å². The molecule has 8 heteroatoms. The Labute approximate surface area is 182 Å². The van der Waals surface area contributed by atoms with Crippen molar-refractivity contribution in [3.63, 3.8) is 0 Å². The van der Waals surface area contributed by atoms with Gasteiger partial charge in [-0.3, -0.25) is 14.9 Å². The molecule has 0 atom stereocenters. The molecule has 0 unspecified atom stereocenters. The van der Waals surface area contributed by atoms with E-state index in [1.807, 2.05) is 0 Å². The van der Waals surface area contributed by atoms with E-state index in [9.17, 15) is 23.9 Å². The van der Waals surface area contributed by atoms with E-state index in [4.69, 9.17) is 4.74 Å². The summed E-state index contributed by atoms with van der Waals surface area (Å²) in [4.78, 5) is 38.3. The van der Waals surface area contributed by atoms with Crippen LogP contribution < -0.4 is 15.0 Å². The molecule has 160 valence electrons. The van der Waals surface area contributed by atoms with Gasteiger partial charge >= 0.3 is 6.03 Å². The topological polar surface area (TPSA) is 95.9 Å². The summed E-state index contributed by atoms with van der Waals surface area (Å²) in [7, 11) is 0.